The van der Waals surface area contributed by atoms with Crippen LogP contribution in [-0.2, 0) is 4.79 Å². The number of aromatic nitrogens is 3. The average molecular weight is 665 g/mol. The van der Waals surface area contributed by atoms with Crippen LogP contribution in [0.1, 0.15) is 57.9 Å². The van der Waals surface area contributed by atoms with E-state index in [0.717, 1.165) is 51.6 Å². The molecule has 3 aliphatic rings. The van der Waals surface area contributed by atoms with Gasteiger partial charge in [0.05, 0.1) is 22.5 Å². The third kappa shape index (κ3) is 5.68. The highest BCUT2D eigenvalue weighted by Gasteiger charge is 2.45. The van der Waals surface area contributed by atoms with Crippen molar-refractivity contribution in [3.8, 4) is 29.6 Å². The fourth-order valence-corrected chi connectivity index (χ4v) is 8.44. The van der Waals surface area contributed by atoms with Crippen molar-refractivity contribution >= 4 is 33.4 Å². The van der Waals surface area contributed by atoms with E-state index in [-0.39, 0.29) is 45.7 Å². The van der Waals surface area contributed by atoms with Gasteiger partial charge in [-0.3, -0.25) is 14.7 Å². The highest BCUT2D eigenvalue weighted by atomic mass is 19.1. The van der Waals surface area contributed by atoms with Gasteiger partial charge in [-0.1, -0.05) is 50.6 Å². The topological polar surface area (TPSA) is 74.7 Å². The summed E-state index contributed by atoms with van der Waals surface area (Å²) in [5.41, 5.74) is 0.230. The van der Waals surface area contributed by atoms with Crippen LogP contribution in [0.25, 0.3) is 32.9 Å². The van der Waals surface area contributed by atoms with Crippen molar-refractivity contribution in [2.24, 2.45) is 5.41 Å². The predicted molar refractivity (Wildman–Crippen MR) is 188 cm³/mol. The van der Waals surface area contributed by atoms with Crippen molar-refractivity contribution in [2.45, 2.75) is 64.0 Å². The van der Waals surface area contributed by atoms with Crippen LogP contribution in [0.15, 0.2) is 49.2 Å². The Labute approximate surface area is 286 Å². The molecule has 7 rings (SSSR count). The molecule has 0 bridgehead atoms. The lowest BCUT2D eigenvalue weighted by Gasteiger charge is -2.40. The summed E-state index contributed by atoms with van der Waals surface area (Å²) in [7, 11) is 1.80. The second-order valence-corrected chi connectivity index (χ2v) is 14.4. The van der Waals surface area contributed by atoms with E-state index in [0.29, 0.717) is 47.2 Å². The smallest absolute Gasteiger partial charge is 0.319 e. The number of amides is 1. The monoisotopic (exact) mass is 664 g/mol. The molecular weight excluding hydrogens is 622 g/mol. The van der Waals surface area contributed by atoms with Gasteiger partial charge in [0.25, 0.3) is 0 Å². The zero-order valence-corrected chi connectivity index (χ0v) is 28.4. The van der Waals surface area contributed by atoms with E-state index in [1.54, 1.807) is 36.3 Å². The molecule has 254 valence electrons. The quantitative estimate of drug-likeness (QED) is 0.160. The molecule has 0 spiro atoms. The molecule has 1 amide bonds. The molecule has 1 unspecified atom stereocenters. The van der Waals surface area contributed by atoms with E-state index < -0.39 is 11.6 Å². The van der Waals surface area contributed by atoms with Crippen LogP contribution in [0.5, 0.6) is 6.01 Å². The maximum Gasteiger partial charge on any atom is 0.319 e. The molecule has 2 aromatic carbocycles. The molecule has 0 radical (unpaired) electrons. The molecule has 0 saturated carbocycles. The lowest BCUT2D eigenvalue weighted by atomic mass is 9.80. The van der Waals surface area contributed by atoms with Crippen LogP contribution >= 0.6 is 0 Å². The van der Waals surface area contributed by atoms with Crippen LogP contribution in [0.4, 0.5) is 14.6 Å². The number of hydrogen-bond donors (Lipinski definition) is 0. The van der Waals surface area contributed by atoms with E-state index in [1.807, 2.05) is 6.07 Å². The predicted octanol–water partition coefficient (Wildman–Crippen LogP) is 6.75. The fourth-order valence-electron chi connectivity index (χ4n) is 8.44. The van der Waals surface area contributed by atoms with Gasteiger partial charge >= 0.3 is 6.01 Å². The Bertz CT molecular complexity index is 2000. The number of anilines is 1. The standard InChI is InChI=1S/C39H42F2N6O2/c1-6-26-29(40)15-14-25-12-8-13-27(32(25)26)34-33(41)35-28(22-42-34)36(44-37(43-35)49-24-39-17-10-20-47(39)21-11-18-39)46-19-9-16-38(3,4)30(23-46)45(5)31(48)7-2/h1,7-8,12-15,22,30H,2,9-11,16-21,23-24H2,3-5H3. The highest BCUT2D eigenvalue weighted by molar-refractivity contribution is 6.02. The van der Waals surface area contributed by atoms with E-state index in [1.165, 1.54) is 12.1 Å². The summed E-state index contributed by atoms with van der Waals surface area (Å²) < 4.78 is 38.3. The molecule has 3 fully saturated rings. The molecule has 1 atom stereocenters. The first-order valence-corrected chi connectivity index (χ1v) is 17.1. The van der Waals surface area contributed by atoms with Crippen molar-refractivity contribution in [3.63, 3.8) is 0 Å². The van der Waals surface area contributed by atoms with E-state index in [4.69, 9.17) is 21.1 Å². The molecular formula is C39H42F2N6O2. The summed E-state index contributed by atoms with van der Waals surface area (Å²) in [5, 5.41) is 1.51. The first kappa shape index (κ1) is 32.9. The van der Waals surface area contributed by atoms with E-state index >= 15 is 4.39 Å². The highest BCUT2D eigenvalue weighted by Crippen LogP contribution is 2.41. The number of halogens is 2. The summed E-state index contributed by atoms with van der Waals surface area (Å²) in [5.74, 6) is 1.56. The summed E-state index contributed by atoms with van der Waals surface area (Å²) in [6.07, 6.45) is 14.7. The molecule has 49 heavy (non-hydrogen) atoms. The van der Waals surface area contributed by atoms with Crippen LogP contribution in [0.3, 0.4) is 0 Å². The molecule has 2 aromatic heterocycles. The molecule has 3 aliphatic heterocycles. The molecule has 0 aliphatic carbocycles. The number of rotatable bonds is 7. The van der Waals surface area contributed by atoms with E-state index in [9.17, 15) is 9.18 Å². The zero-order chi connectivity index (χ0) is 34.5. The van der Waals surface area contributed by atoms with Gasteiger partial charge in [0.15, 0.2) is 5.82 Å². The van der Waals surface area contributed by atoms with Crippen LogP contribution in [0.2, 0.25) is 0 Å². The third-order valence-electron chi connectivity index (χ3n) is 11.2. The van der Waals surface area contributed by atoms with Crippen LogP contribution in [-0.4, -0.2) is 82.1 Å². The largest absolute Gasteiger partial charge is 0.461 e. The Balaban J connectivity index is 1.38. The molecule has 8 nitrogen and oxygen atoms in total. The molecule has 3 saturated heterocycles. The third-order valence-corrected chi connectivity index (χ3v) is 11.2. The van der Waals surface area contributed by atoms with Crippen LogP contribution < -0.4 is 9.64 Å². The van der Waals surface area contributed by atoms with E-state index in [2.05, 4.69) is 41.1 Å². The Hall–Kier alpha value is -4.62. The van der Waals surface area contributed by atoms with Gasteiger partial charge in [0.1, 0.15) is 29.5 Å². The molecule has 0 N–H and O–H groups in total. The fraction of sp³-hybridized carbons (Fsp3) is 0.436. The minimum Gasteiger partial charge on any atom is -0.461 e. The van der Waals surface area contributed by atoms with Crippen molar-refractivity contribution in [1.29, 1.82) is 0 Å². The molecule has 4 aromatic rings. The first-order valence-electron chi connectivity index (χ1n) is 17.1. The summed E-state index contributed by atoms with van der Waals surface area (Å²) in [6.45, 7) is 11.6. The minimum atomic E-state index is -0.669. The Kier molecular flexibility index (Phi) is 8.52. The Morgan fingerprint density at radius 2 is 1.88 bits per heavy atom. The van der Waals surface area contributed by atoms with Crippen molar-refractivity contribution < 1.29 is 18.3 Å². The first-order chi connectivity index (χ1) is 23.6. The van der Waals surface area contributed by atoms with Gasteiger partial charge in [-0.25, -0.2) is 8.78 Å². The second kappa shape index (κ2) is 12.7. The summed E-state index contributed by atoms with van der Waals surface area (Å²) in [4.78, 5) is 33.4. The lowest BCUT2D eigenvalue weighted by molar-refractivity contribution is -0.128. The second-order valence-electron chi connectivity index (χ2n) is 14.4. The van der Waals surface area contributed by atoms with Gasteiger partial charge in [0, 0.05) is 37.3 Å². The number of carbonyl (C=O) groups excluding carboxylic acids is 1. The summed E-state index contributed by atoms with van der Waals surface area (Å²) >= 11 is 0. The number of ether oxygens (including phenoxy) is 1. The molecule has 5 heterocycles. The number of pyridine rings is 1. The Morgan fingerprint density at radius 3 is 2.61 bits per heavy atom. The Morgan fingerprint density at radius 1 is 1.12 bits per heavy atom. The molecule has 10 heteroatoms. The number of likely N-dealkylation sites (N-methyl/N-ethyl adjacent to an activating group) is 1. The van der Waals surface area contributed by atoms with Gasteiger partial charge in [-0.05, 0) is 74.6 Å². The number of fused-ring (bicyclic) bond motifs is 3. The van der Waals surface area contributed by atoms with Crippen molar-refractivity contribution in [2.75, 3.05) is 44.7 Å². The average Bonchev–Trinajstić information content (AvgIpc) is 3.64. The van der Waals surface area contributed by atoms with Gasteiger partial charge in [-0.15, -0.1) is 6.42 Å². The van der Waals surface area contributed by atoms with Crippen molar-refractivity contribution in [3.05, 3.63) is 66.4 Å². The number of hydrogen-bond acceptors (Lipinski definition) is 7. The SMILES string of the molecule is C#Cc1c(F)ccc2cccc(-c3ncc4c(N5CCCC(C)(C)C(N(C)C(=O)C=C)C5)nc(OCC56CCCN5CCC6)nc4c3F)c12. The maximum atomic E-state index is 17.0. The summed E-state index contributed by atoms with van der Waals surface area (Å²) in [6, 6.07) is 8.14. The van der Waals surface area contributed by atoms with Gasteiger partial charge in [0.2, 0.25) is 5.91 Å². The minimum absolute atomic E-state index is 0.0124. The number of terminal acetylenes is 1. The van der Waals surface area contributed by atoms with Crippen LogP contribution in [0, 0.1) is 29.4 Å². The van der Waals surface area contributed by atoms with Crippen molar-refractivity contribution in [1.82, 2.24) is 24.8 Å². The van der Waals surface area contributed by atoms with Gasteiger partial charge < -0.3 is 14.5 Å². The van der Waals surface area contributed by atoms with Gasteiger partial charge in [-0.2, -0.15) is 9.97 Å². The zero-order valence-electron chi connectivity index (χ0n) is 28.4. The number of benzene rings is 2. The number of nitrogens with zero attached hydrogens (tertiary/aromatic N) is 6. The normalized spacial score (nSPS) is 20.2. The lowest BCUT2D eigenvalue weighted by Crippen LogP contribution is -2.50. The maximum absolute atomic E-state index is 17.0. The number of carbonyl (C=O) groups is 1.